The molecule has 252 valence electrons. The third kappa shape index (κ3) is 6.83. The third-order valence-corrected chi connectivity index (χ3v) is 9.95. The Morgan fingerprint density at radius 2 is 1.98 bits per heavy atom. The topological polar surface area (TPSA) is 182 Å². The fourth-order valence-electron chi connectivity index (χ4n) is 5.70. The van der Waals surface area contributed by atoms with Crippen molar-refractivity contribution in [2.45, 2.75) is 64.2 Å². The lowest BCUT2D eigenvalue weighted by Crippen LogP contribution is -2.48. The smallest absolute Gasteiger partial charge is 0.410 e. The first kappa shape index (κ1) is 33.9. The Morgan fingerprint density at radius 1 is 1.28 bits per heavy atom. The molecule has 0 radical (unpaired) electrons. The van der Waals surface area contributed by atoms with Crippen molar-refractivity contribution >= 4 is 38.6 Å². The highest BCUT2D eigenvalue weighted by Crippen LogP contribution is 2.41. The first-order chi connectivity index (χ1) is 22.1. The van der Waals surface area contributed by atoms with Crippen LogP contribution in [0.4, 0.5) is 20.6 Å². The fraction of sp³-hybridized carbons (Fsp3) is 0.484. The van der Waals surface area contributed by atoms with Crippen molar-refractivity contribution in [1.29, 1.82) is 5.26 Å². The van der Waals surface area contributed by atoms with Crippen molar-refractivity contribution in [3.05, 3.63) is 52.3 Å². The number of benzene rings is 2. The van der Waals surface area contributed by atoms with E-state index >= 15 is 4.39 Å². The maximum absolute atomic E-state index is 15.0. The monoisotopic (exact) mass is 671 g/mol. The number of nitrogen functional groups attached to an aromatic ring is 1. The predicted octanol–water partition coefficient (Wildman–Crippen LogP) is 4.12. The number of halogens is 1. The van der Waals surface area contributed by atoms with Crippen molar-refractivity contribution in [3.63, 3.8) is 0 Å². The van der Waals surface area contributed by atoms with E-state index in [0.29, 0.717) is 32.4 Å². The maximum atomic E-state index is 15.0. The average molecular weight is 672 g/mol. The van der Waals surface area contributed by atoms with E-state index in [1.54, 1.807) is 17.9 Å². The number of ether oxygens (including phenoxy) is 3. The van der Waals surface area contributed by atoms with Crippen molar-refractivity contribution < 1.29 is 31.8 Å². The van der Waals surface area contributed by atoms with E-state index in [1.807, 2.05) is 20.8 Å². The molecule has 2 aliphatic heterocycles. The molecule has 2 saturated heterocycles. The van der Waals surface area contributed by atoms with E-state index in [4.69, 9.17) is 19.9 Å². The second-order valence-corrected chi connectivity index (χ2v) is 14.5. The normalized spacial score (nSPS) is 18.0. The van der Waals surface area contributed by atoms with Crippen LogP contribution in [0.5, 0.6) is 11.5 Å². The van der Waals surface area contributed by atoms with Crippen molar-refractivity contribution in [3.8, 4) is 17.6 Å². The summed E-state index contributed by atoms with van der Waals surface area (Å²) in [7, 11) is -2.69. The molecule has 0 aliphatic carbocycles. The number of nitrogens with one attached hydrogen (secondary N) is 1. The van der Waals surface area contributed by atoms with Gasteiger partial charge in [-0.25, -0.2) is 14.2 Å². The Balaban J connectivity index is 1.40. The minimum atomic E-state index is -4.03. The summed E-state index contributed by atoms with van der Waals surface area (Å²) in [6.07, 6.45) is 2.74. The molecule has 1 atom stereocenters. The lowest BCUT2D eigenvalue weighted by atomic mass is 9.87. The molecule has 2 aromatic carbocycles. The molecule has 0 saturated carbocycles. The van der Waals surface area contributed by atoms with Crippen LogP contribution in [-0.2, 0) is 19.7 Å². The summed E-state index contributed by atoms with van der Waals surface area (Å²) in [4.78, 5) is 32.4. The number of hydrogen-bond donors (Lipinski definition) is 2. The van der Waals surface area contributed by atoms with Crippen molar-refractivity contribution in [2.24, 2.45) is 0 Å². The lowest BCUT2D eigenvalue weighted by molar-refractivity contribution is -0.0486. The zero-order valence-corrected chi connectivity index (χ0v) is 27.7. The quantitative estimate of drug-likeness (QED) is 0.347. The minimum absolute atomic E-state index is 0.0334. The first-order valence-corrected chi connectivity index (χ1v) is 16.6. The summed E-state index contributed by atoms with van der Waals surface area (Å²) in [6.45, 7) is 8.40. The van der Waals surface area contributed by atoms with Gasteiger partial charge in [0.1, 0.15) is 17.2 Å². The molecule has 1 amide bonds. The van der Waals surface area contributed by atoms with Crippen LogP contribution in [-0.4, -0.2) is 77.8 Å². The number of piperidine rings is 1. The van der Waals surface area contributed by atoms with Crippen LogP contribution >= 0.6 is 0 Å². The molecular formula is C31H38FN7O7S. The number of anilines is 2. The zero-order valence-electron chi connectivity index (χ0n) is 26.9. The van der Waals surface area contributed by atoms with Gasteiger partial charge in [0, 0.05) is 26.7 Å². The van der Waals surface area contributed by atoms with Gasteiger partial charge in [0.05, 0.1) is 46.9 Å². The molecule has 3 heterocycles. The maximum Gasteiger partial charge on any atom is 0.410 e. The third-order valence-electron chi connectivity index (χ3n) is 8.39. The van der Waals surface area contributed by atoms with Gasteiger partial charge in [0.25, 0.3) is 5.56 Å². The molecule has 2 fully saturated rings. The van der Waals surface area contributed by atoms with Gasteiger partial charge < -0.3 is 24.8 Å². The molecule has 1 spiro atoms. The largest absolute Gasteiger partial charge is 0.451 e. The van der Waals surface area contributed by atoms with Gasteiger partial charge >= 0.3 is 16.3 Å². The molecule has 16 heteroatoms. The van der Waals surface area contributed by atoms with Gasteiger partial charge in [-0.15, -0.1) is 0 Å². The highest BCUT2D eigenvalue weighted by molar-refractivity contribution is 7.90. The van der Waals surface area contributed by atoms with E-state index in [-0.39, 0.29) is 53.3 Å². The number of rotatable bonds is 7. The molecule has 1 unspecified atom stereocenters. The molecule has 14 nitrogen and oxygen atoms in total. The molecule has 2 aliphatic rings. The number of likely N-dealkylation sites (tertiary alicyclic amines) is 1. The standard InChI is InChI=1S/C31H38FN7O7S/c1-6-37(5)47(42,43)36-22-8-7-21(32)27(20(22)16-33)45-24-10-9-23-25(26(24)34)28(40)39(18-35-23)19-15-31(44-17-19)11-13-38(14-12-31)29(41)46-30(2,3)4/h7-10,18-19,36H,6,11-15,17,34H2,1-5H3. The highest BCUT2D eigenvalue weighted by Gasteiger charge is 2.45. The number of hydrogen-bond acceptors (Lipinski definition) is 10. The van der Waals surface area contributed by atoms with Gasteiger partial charge in [0.15, 0.2) is 17.3 Å². The number of fused-ring (bicyclic) bond motifs is 1. The Morgan fingerprint density at radius 3 is 2.62 bits per heavy atom. The van der Waals surface area contributed by atoms with Crippen LogP contribution in [0.3, 0.4) is 0 Å². The van der Waals surface area contributed by atoms with Crippen LogP contribution in [0.2, 0.25) is 0 Å². The van der Waals surface area contributed by atoms with E-state index in [0.717, 1.165) is 16.4 Å². The van der Waals surface area contributed by atoms with Gasteiger partial charge in [0.2, 0.25) is 0 Å². The van der Waals surface area contributed by atoms with Crippen LogP contribution in [0.25, 0.3) is 10.9 Å². The summed E-state index contributed by atoms with van der Waals surface area (Å²) < 4.78 is 62.5. The van der Waals surface area contributed by atoms with Crippen LogP contribution in [0.1, 0.15) is 58.6 Å². The minimum Gasteiger partial charge on any atom is -0.451 e. The molecule has 1 aromatic heterocycles. The van der Waals surface area contributed by atoms with E-state index in [2.05, 4.69) is 9.71 Å². The number of carbonyl (C=O) groups excluding carboxylic acids is 1. The molecular weight excluding hydrogens is 633 g/mol. The Bertz CT molecular complexity index is 1910. The Kier molecular flexibility index (Phi) is 9.10. The van der Waals surface area contributed by atoms with Gasteiger partial charge in [-0.05, 0) is 64.3 Å². The number of amides is 1. The summed E-state index contributed by atoms with van der Waals surface area (Å²) in [5, 5.41) is 9.88. The number of aromatic nitrogens is 2. The SMILES string of the molecule is CCN(C)S(=O)(=O)Nc1ccc(F)c(Oc2ccc3ncn(C4COC5(CCN(C(=O)OC(C)(C)C)CC5)C4)c(=O)c3c2N)c1C#N. The molecule has 5 rings (SSSR count). The summed E-state index contributed by atoms with van der Waals surface area (Å²) in [5.74, 6) is -1.63. The number of carbonyl (C=O) groups is 1. The van der Waals surface area contributed by atoms with Gasteiger partial charge in [-0.2, -0.15) is 18.0 Å². The molecule has 3 N–H and O–H groups in total. The lowest BCUT2D eigenvalue weighted by Gasteiger charge is -2.39. The summed E-state index contributed by atoms with van der Waals surface area (Å²) in [5.41, 5.74) is 4.39. The zero-order chi connectivity index (χ0) is 34.3. The fourth-order valence-corrected chi connectivity index (χ4v) is 6.64. The predicted molar refractivity (Wildman–Crippen MR) is 172 cm³/mol. The van der Waals surface area contributed by atoms with Crippen LogP contribution < -0.4 is 20.8 Å². The second-order valence-electron chi connectivity index (χ2n) is 12.7. The van der Waals surface area contributed by atoms with Crippen LogP contribution in [0.15, 0.2) is 35.4 Å². The van der Waals surface area contributed by atoms with Gasteiger partial charge in [-0.1, -0.05) is 6.92 Å². The molecule has 3 aromatic rings. The second kappa shape index (κ2) is 12.6. The van der Waals surface area contributed by atoms with Gasteiger partial charge in [-0.3, -0.25) is 14.1 Å². The number of nitrogens with zero attached hydrogens (tertiary/aromatic N) is 5. The number of nitrogens with two attached hydrogens (primary N) is 1. The van der Waals surface area contributed by atoms with E-state index in [9.17, 15) is 23.3 Å². The molecule has 47 heavy (non-hydrogen) atoms. The highest BCUT2D eigenvalue weighted by atomic mass is 32.2. The van der Waals surface area contributed by atoms with E-state index in [1.165, 1.54) is 30.1 Å². The summed E-state index contributed by atoms with van der Waals surface area (Å²) >= 11 is 0. The van der Waals surface area contributed by atoms with Crippen molar-refractivity contribution in [1.82, 2.24) is 18.8 Å². The first-order valence-electron chi connectivity index (χ1n) is 15.1. The Labute approximate surface area is 272 Å². The van der Waals surface area contributed by atoms with Crippen molar-refractivity contribution in [2.75, 3.05) is 43.7 Å². The molecule has 0 bridgehead atoms. The van der Waals surface area contributed by atoms with Crippen LogP contribution in [0, 0.1) is 17.1 Å². The number of nitriles is 1. The Hall–Kier alpha value is -4.46. The summed E-state index contributed by atoms with van der Waals surface area (Å²) in [6, 6.07) is 6.39. The van der Waals surface area contributed by atoms with E-state index < -0.39 is 44.1 Å². The average Bonchev–Trinajstić information content (AvgIpc) is 3.41.